The number of benzene rings is 2. The molecule has 140 valence electrons. The largest absolute Gasteiger partial charge is 0.486 e. The van der Waals surface area contributed by atoms with Gasteiger partial charge in [0, 0.05) is 32.3 Å². The second kappa shape index (κ2) is 7.92. The second-order valence-corrected chi connectivity index (χ2v) is 6.91. The third-order valence-electron chi connectivity index (χ3n) is 4.77. The van der Waals surface area contributed by atoms with E-state index in [1.807, 2.05) is 53.4 Å². The monoisotopic (exact) mass is 384 g/mol. The van der Waals surface area contributed by atoms with Crippen molar-refractivity contribution >= 4 is 29.3 Å². The number of rotatable bonds is 3. The van der Waals surface area contributed by atoms with Crippen LogP contribution in [0.5, 0.6) is 11.5 Å². The van der Waals surface area contributed by atoms with E-state index >= 15 is 0 Å². The predicted octanol–water partition coefficient (Wildman–Crippen LogP) is 3.47. The molecule has 6 heteroatoms. The topological polar surface area (TPSA) is 42.0 Å². The Kier molecular flexibility index (Phi) is 5.21. The van der Waals surface area contributed by atoms with E-state index in [9.17, 15) is 4.79 Å². The number of carbonyl (C=O) groups excluding carboxylic acids is 1. The molecule has 2 aromatic carbocycles. The molecule has 2 aliphatic rings. The maximum absolute atomic E-state index is 12.5. The van der Waals surface area contributed by atoms with Gasteiger partial charge in [-0.25, -0.2) is 0 Å². The summed E-state index contributed by atoms with van der Waals surface area (Å²) in [4.78, 5) is 16.6. The van der Waals surface area contributed by atoms with Crippen LogP contribution in [-0.4, -0.2) is 50.2 Å². The van der Waals surface area contributed by atoms with Gasteiger partial charge < -0.3 is 19.3 Å². The third-order valence-corrected chi connectivity index (χ3v) is 5.09. The summed E-state index contributed by atoms with van der Waals surface area (Å²) in [5.74, 6) is 1.49. The van der Waals surface area contributed by atoms with Crippen molar-refractivity contribution in [1.29, 1.82) is 0 Å². The first-order chi connectivity index (χ1) is 13.2. The van der Waals surface area contributed by atoms with Crippen LogP contribution in [0.15, 0.2) is 48.5 Å². The molecule has 1 amide bonds. The first-order valence-electron chi connectivity index (χ1n) is 9.07. The Bertz CT molecular complexity index is 860. The zero-order valence-corrected chi connectivity index (χ0v) is 15.7. The first kappa shape index (κ1) is 17.7. The van der Waals surface area contributed by atoms with E-state index in [4.69, 9.17) is 21.1 Å². The molecule has 1 fully saturated rings. The fourth-order valence-electron chi connectivity index (χ4n) is 3.31. The number of anilines is 1. The van der Waals surface area contributed by atoms with E-state index in [-0.39, 0.29) is 5.91 Å². The van der Waals surface area contributed by atoms with Gasteiger partial charge in [-0.1, -0.05) is 29.8 Å². The smallest absolute Gasteiger partial charge is 0.246 e. The maximum atomic E-state index is 12.5. The fraction of sp³-hybridized carbons (Fsp3) is 0.286. The Balaban J connectivity index is 1.36. The molecule has 0 bridgehead atoms. The number of fused-ring (bicyclic) bond motifs is 1. The molecule has 2 aromatic rings. The Morgan fingerprint density at radius 2 is 1.70 bits per heavy atom. The van der Waals surface area contributed by atoms with Crippen molar-refractivity contribution in [2.24, 2.45) is 0 Å². The molecule has 0 N–H and O–H groups in total. The van der Waals surface area contributed by atoms with Gasteiger partial charge in [-0.2, -0.15) is 0 Å². The van der Waals surface area contributed by atoms with Crippen LogP contribution in [0.1, 0.15) is 5.56 Å². The van der Waals surface area contributed by atoms with Crippen molar-refractivity contribution in [1.82, 2.24) is 4.90 Å². The Labute approximate surface area is 163 Å². The van der Waals surface area contributed by atoms with E-state index in [0.717, 1.165) is 40.9 Å². The lowest BCUT2D eigenvalue weighted by Gasteiger charge is -2.36. The number of halogens is 1. The van der Waals surface area contributed by atoms with Gasteiger partial charge in [0.05, 0.1) is 10.7 Å². The minimum Gasteiger partial charge on any atom is -0.486 e. The molecule has 0 spiro atoms. The first-order valence-corrected chi connectivity index (χ1v) is 9.44. The highest BCUT2D eigenvalue weighted by Gasteiger charge is 2.21. The standard InChI is InChI=1S/C21H21ClN2O3/c22-17-3-1-2-4-18(17)23-9-11-24(12-10-23)21(25)8-6-16-5-7-19-20(15-16)27-14-13-26-19/h1-8,15H,9-14H2/b8-6+. The average Bonchev–Trinajstić information content (AvgIpc) is 2.72. The van der Waals surface area contributed by atoms with Gasteiger partial charge in [-0.3, -0.25) is 4.79 Å². The van der Waals surface area contributed by atoms with E-state index in [1.165, 1.54) is 0 Å². The fourth-order valence-corrected chi connectivity index (χ4v) is 3.57. The molecule has 5 nitrogen and oxygen atoms in total. The van der Waals surface area contributed by atoms with Gasteiger partial charge >= 0.3 is 0 Å². The maximum Gasteiger partial charge on any atom is 0.246 e. The predicted molar refractivity (Wildman–Crippen MR) is 107 cm³/mol. The third kappa shape index (κ3) is 4.03. The van der Waals surface area contributed by atoms with Gasteiger partial charge in [0.15, 0.2) is 11.5 Å². The molecule has 1 saturated heterocycles. The van der Waals surface area contributed by atoms with Gasteiger partial charge in [0.2, 0.25) is 5.91 Å². The zero-order valence-electron chi connectivity index (χ0n) is 14.9. The molecule has 0 atom stereocenters. The molecule has 2 aliphatic heterocycles. The molecule has 4 rings (SSSR count). The average molecular weight is 385 g/mol. The van der Waals surface area contributed by atoms with Crippen molar-refractivity contribution in [3.8, 4) is 11.5 Å². The number of nitrogens with zero attached hydrogens (tertiary/aromatic N) is 2. The van der Waals surface area contributed by atoms with Crippen molar-refractivity contribution in [3.05, 3.63) is 59.1 Å². The number of carbonyl (C=O) groups is 1. The number of hydrogen-bond acceptors (Lipinski definition) is 4. The number of piperazine rings is 1. The summed E-state index contributed by atoms with van der Waals surface area (Å²) in [6.45, 7) is 4.02. The summed E-state index contributed by atoms with van der Waals surface area (Å²) in [6, 6.07) is 13.5. The highest BCUT2D eigenvalue weighted by molar-refractivity contribution is 6.33. The van der Waals surface area contributed by atoms with Crippen LogP contribution < -0.4 is 14.4 Å². The Hall–Kier alpha value is -2.66. The number of para-hydroxylation sites is 1. The summed E-state index contributed by atoms with van der Waals surface area (Å²) in [6.07, 6.45) is 3.44. The Morgan fingerprint density at radius 1 is 0.963 bits per heavy atom. The van der Waals surface area contributed by atoms with Crippen molar-refractivity contribution < 1.29 is 14.3 Å². The molecular weight excluding hydrogens is 364 g/mol. The highest BCUT2D eigenvalue weighted by atomic mass is 35.5. The van der Waals surface area contributed by atoms with Crippen LogP contribution >= 0.6 is 11.6 Å². The van der Waals surface area contributed by atoms with Crippen LogP contribution in [0.3, 0.4) is 0 Å². The zero-order chi connectivity index (χ0) is 18.6. The summed E-state index contributed by atoms with van der Waals surface area (Å²) < 4.78 is 11.1. The van der Waals surface area contributed by atoms with Crippen LogP contribution in [0, 0.1) is 0 Å². The lowest BCUT2D eigenvalue weighted by Crippen LogP contribution is -2.48. The van der Waals surface area contributed by atoms with Crippen molar-refractivity contribution in [3.63, 3.8) is 0 Å². The van der Waals surface area contributed by atoms with Gasteiger partial charge in [0.1, 0.15) is 13.2 Å². The summed E-state index contributed by atoms with van der Waals surface area (Å²) in [5, 5.41) is 0.746. The van der Waals surface area contributed by atoms with Crippen molar-refractivity contribution in [2.75, 3.05) is 44.3 Å². The SMILES string of the molecule is O=C(/C=C/c1ccc2c(c1)OCCO2)N1CCN(c2ccccc2Cl)CC1. The summed E-state index contributed by atoms with van der Waals surface area (Å²) in [7, 11) is 0. The normalized spacial score (nSPS) is 16.6. The minimum atomic E-state index is 0.0173. The van der Waals surface area contributed by atoms with E-state index in [0.29, 0.717) is 26.3 Å². The second-order valence-electron chi connectivity index (χ2n) is 6.50. The van der Waals surface area contributed by atoms with Gasteiger partial charge in [-0.05, 0) is 35.9 Å². The molecule has 0 unspecified atom stereocenters. The summed E-state index contributed by atoms with van der Waals surface area (Å²) in [5.41, 5.74) is 1.94. The molecule has 27 heavy (non-hydrogen) atoms. The minimum absolute atomic E-state index is 0.0173. The van der Waals surface area contributed by atoms with Crippen molar-refractivity contribution in [2.45, 2.75) is 0 Å². The van der Waals surface area contributed by atoms with Gasteiger partial charge in [0.25, 0.3) is 0 Å². The molecular formula is C21H21ClN2O3. The van der Waals surface area contributed by atoms with E-state index < -0.39 is 0 Å². The van der Waals surface area contributed by atoms with Crippen LogP contribution in [-0.2, 0) is 4.79 Å². The molecule has 0 aromatic heterocycles. The summed E-state index contributed by atoms with van der Waals surface area (Å²) >= 11 is 6.27. The number of ether oxygens (including phenoxy) is 2. The van der Waals surface area contributed by atoms with Crippen LogP contribution in [0.2, 0.25) is 5.02 Å². The lowest BCUT2D eigenvalue weighted by molar-refractivity contribution is -0.126. The lowest BCUT2D eigenvalue weighted by atomic mass is 10.1. The molecule has 0 radical (unpaired) electrons. The quantitative estimate of drug-likeness (QED) is 0.760. The van der Waals surface area contributed by atoms with Crippen LogP contribution in [0.25, 0.3) is 6.08 Å². The number of amides is 1. The van der Waals surface area contributed by atoms with E-state index in [1.54, 1.807) is 6.08 Å². The van der Waals surface area contributed by atoms with Gasteiger partial charge in [-0.15, -0.1) is 0 Å². The Morgan fingerprint density at radius 3 is 2.48 bits per heavy atom. The van der Waals surface area contributed by atoms with Crippen LogP contribution in [0.4, 0.5) is 5.69 Å². The highest BCUT2D eigenvalue weighted by Crippen LogP contribution is 2.31. The van der Waals surface area contributed by atoms with E-state index in [2.05, 4.69) is 4.90 Å². The number of hydrogen-bond donors (Lipinski definition) is 0. The molecule has 0 aliphatic carbocycles. The molecule has 0 saturated carbocycles. The molecule has 2 heterocycles.